The number of carbonyl (C=O) groups is 2. The number of carbonyl (C=O) groups excluding carboxylic acids is 2. The van der Waals surface area contributed by atoms with Gasteiger partial charge in [0.25, 0.3) is 0 Å². The van der Waals surface area contributed by atoms with Gasteiger partial charge in [0.05, 0.1) is 11.0 Å². The maximum absolute atomic E-state index is 12.6. The van der Waals surface area contributed by atoms with Crippen LogP contribution in [0.1, 0.15) is 13.8 Å². The zero-order chi connectivity index (χ0) is 18.1. The molecule has 7 heteroatoms. The molecule has 2 aromatic rings. The summed E-state index contributed by atoms with van der Waals surface area (Å²) in [6.45, 7) is 5.91. The van der Waals surface area contributed by atoms with E-state index in [1.54, 1.807) is 21.4 Å². The summed E-state index contributed by atoms with van der Waals surface area (Å²) in [6, 6.07) is 7.45. The number of imidazole rings is 1. The lowest BCUT2D eigenvalue weighted by molar-refractivity contribution is -0.141. The van der Waals surface area contributed by atoms with Gasteiger partial charge >= 0.3 is 5.69 Å². The summed E-state index contributed by atoms with van der Waals surface area (Å²) in [4.78, 5) is 40.6. The van der Waals surface area contributed by atoms with Crippen molar-refractivity contribution >= 4 is 22.8 Å². The molecule has 0 saturated carbocycles. The van der Waals surface area contributed by atoms with Crippen molar-refractivity contribution in [3.63, 3.8) is 0 Å². The highest BCUT2D eigenvalue weighted by Gasteiger charge is 2.26. The molecule has 0 spiro atoms. The molecule has 2 amide bonds. The van der Waals surface area contributed by atoms with Gasteiger partial charge in [-0.3, -0.25) is 18.7 Å². The van der Waals surface area contributed by atoms with Crippen LogP contribution in [0.3, 0.4) is 0 Å². The van der Waals surface area contributed by atoms with Gasteiger partial charge in [-0.25, -0.2) is 4.79 Å². The number of amides is 2. The van der Waals surface area contributed by atoms with Gasteiger partial charge in [0.15, 0.2) is 0 Å². The topological polar surface area (TPSA) is 67.6 Å². The number of aryl methyl sites for hydroxylation is 1. The SMILES string of the molecule is CC(C)C(=O)N1CCN(C(=O)Cn2c(=O)n(C)c3ccccc32)CC1. The van der Waals surface area contributed by atoms with Gasteiger partial charge in [0, 0.05) is 39.1 Å². The molecule has 0 atom stereocenters. The van der Waals surface area contributed by atoms with Gasteiger partial charge in [-0.2, -0.15) is 0 Å². The fourth-order valence-electron chi connectivity index (χ4n) is 3.29. The second kappa shape index (κ2) is 6.74. The van der Waals surface area contributed by atoms with E-state index in [2.05, 4.69) is 0 Å². The lowest BCUT2D eigenvalue weighted by atomic mass is 10.1. The number of aromatic nitrogens is 2. The molecule has 0 N–H and O–H groups in total. The summed E-state index contributed by atoms with van der Waals surface area (Å²) in [5.41, 5.74) is 1.38. The molecule has 0 unspecified atom stereocenters. The van der Waals surface area contributed by atoms with Crippen molar-refractivity contribution in [2.24, 2.45) is 13.0 Å². The molecule has 0 radical (unpaired) electrons. The first-order valence-electron chi connectivity index (χ1n) is 8.61. The molecular formula is C18H24N4O3. The minimum absolute atomic E-state index is 0.0261. The Hall–Kier alpha value is -2.57. The van der Waals surface area contributed by atoms with E-state index in [-0.39, 0.29) is 30.0 Å². The number of piperazine rings is 1. The van der Waals surface area contributed by atoms with Crippen LogP contribution < -0.4 is 5.69 Å². The Morgan fingerprint density at radius 1 is 1.00 bits per heavy atom. The smallest absolute Gasteiger partial charge is 0.329 e. The quantitative estimate of drug-likeness (QED) is 0.822. The molecule has 0 aliphatic carbocycles. The second-order valence-electron chi connectivity index (χ2n) is 6.78. The van der Waals surface area contributed by atoms with Crippen molar-refractivity contribution in [3.05, 3.63) is 34.7 Å². The third kappa shape index (κ3) is 3.18. The molecule has 1 aromatic carbocycles. The van der Waals surface area contributed by atoms with Crippen LogP contribution in [0.5, 0.6) is 0 Å². The lowest BCUT2D eigenvalue weighted by Gasteiger charge is -2.35. The van der Waals surface area contributed by atoms with E-state index in [1.165, 1.54) is 4.57 Å². The Morgan fingerprint density at radius 3 is 2.16 bits per heavy atom. The van der Waals surface area contributed by atoms with Gasteiger partial charge in [0.2, 0.25) is 11.8 Å². The fourth-order valence-corrected chi connectivity index (χ4v) is 3.29. The highest BCUT2D eigenvalue weighted by Crippen LogP contribution is 2.13. The third-order valence-corrected chi connectivity index (χ3v) is 4.78. The molecule has 7 nitrogen and oxygen atoms in total. The number of rotatable bonds is 3. The van der Waals surface area contributed by atoms with Crippen molar-refractivity contribution in [3.8, 4) is 0 Å². The van der Waals surface area contributed by atoms with Gasteiger partial charge in [0.1, 0.15) is 6.54 Å². The number of hydrogen-bond donors (Lipinski definition) is 0. The molecule has 3 rings (SSSR count). The first-order chi connectivity index (χ1) is 11.9. The van der Waals surface area contributed by atoms with E-state index in [4.69, 9.17) is 0 Å². The van der Waals surface area contributed by atoms with Gasteiger partial charge in [-0.05, 0) is 12.1 Å². The molecule has 1 saturated heterocycles. The minimum Gasteiger partial charge on any atom is -0.339 e. The number of nitrogens with zero attached hydrogens (tertiary/aromatic N) is 4. The second-order valence-corrected chi connectivity index (χ2v) is 6.78. The summed E-state index contributed by atoms with van der Waals surface area (Å²) in [7, 11) is 1.71. The molecule has 134 valence electrons. The lowest BCUT2D eigenvalue weighted by Crippen LogP contribution is -2.52. The molecular weight excluding hydrogens is 320 g/mol. The zero-order valence-electron chi connectivity index (χ0n) is 14.9. The molecule has 1 aromatic heterocycles. The Kier molecular flexibility index (Phi) is 4.65. The summed E-state index contributed by atoms with van der Waals surface area (Å²) < 4.78 is 3.07. The van der Waals surface area contributed by atoms with Gasteiger partial charge in [-0.15, -0.1) is 0 Å². The Bertz CT molecular complexity index is 857. The van der Waals surface area contributed by atoms with Crippen molar-refractivity contribution < 1.29 is 9.59 Å². The van der Waals surface area contributed by atoms with Crippen LogP contribution in [0.2, 0.25) is 0 Å². The fraction of sp³-hybridized carbons (Fsp3) is 0.500. The molecule has 0 bridgehead atoms. The first kappa shape index (κ1) is 17.3. The van der Waals surface area contributed by atoms with Crippen molar-refractivity contribution in [2.45, 2.75) is 20.4 Å². The number of para-hydroxylation sites is 2. The maximum Gasteiger partial charge on any atom is 0.329 e. The number of fused-ring (bicyclic) bond motifs is 1. The summed E-state index contributed by atoms with van der Waals surface area (Å²) in [5, 5.41) is 0. The van der Waals surface area contributed by atoms with Gasteiger partial charge in [-0.1, -0.05) is 26.0 Å². The van der Waals surface area contributed by atoms with Crippen LogP contribution in [0.25, 0.3) is 11.0 Å². The van der Waals surface area contributed by atoms with E-state index in [0.717, 1.165) is 11.0 Å². The Morgan fingerprint density at radius 2 is 1.56 bits per heavy atom. The van der Waals surface area contributed by atoms with Crippen molar-refractivity contribution in [2.75, 3.05) is 26.2 Å². The molecule has 1 aliphatic rings. The van der Waals surface area contributed by atoms with E-state index in [0.29, 0.717) is 26.2 Å². The number of hydrogen-bond acceptors (Lipinski definition) is 3. The molecule has 2 heterocycles. The summed E-state index contributed by atoms with van der Waals surface area (Å²) in [6.07, 6.45) is 0. The van der Waals surface area contributed by atoms with E-state index in [1.807, 2.05) is 38.1 Å². The Balaban J connectivity index is 1.71. The monoisotopic (exact) mass is 344 g/mol. The largest absolute Gasteiger partial charge is 0.339 e. The highest BCUT2D eigenvalue weighted by atomic mass is 16.2. The molecule has 1 fully saturated rings. The van der Waals surface area contributed by atoms with Crippen LogP contribution in [-0.2, 0) is 23.2 Å². The normalized spacial score (nSPS) is 15.2. The van der Waals surface area contributed by atoms with Crippen LogP contribution in [0.4, 0.5) is 0 Å². The van der Waals surface area contributed by atoms with E-state index >= 15 is 0 Å². The average Bonchev–Trinajstić information content (AvgIpc) is 2.86. The third-order valence-electron chi connectivity index (χ3n) is 4.78. The van der Waals surface area contributed by atoms with E-state index < -0.39 is 0 Å². The zero-order valence-corrected chi connectivity index (χ0v) is 14.9. The maximum atomic E-state index is 12.6. The van der Waals surface area contributed by atoms with E-state index in [9.17, 15) is 14.4 Å². The Labute approximate surface area is 146 Å². The number of benzene rings is 1. The average molecular weight is 344 g/mol. The van der Waals surface area contributed by atoms with Crippen LogP contribution >= 0.6 is 0 Å². The van der Waals surface area contributed by atoms with Crippen LogP contribution in [0.15, 0.2) is 29.1 Å². The van der Waals surface area contributed by atoms with Crippen LogP contribution in [-0.4, -0.2) is 56.9 Å². The minimum atomic E-state index is -0.192. The molecule has 25 heavy (non-hydrogen) atoms. The predicted molar refractivity (Wildman–Crippen MR) is 95.2 cm³/mol. The van der Waals surface area contributed by atoms with Crippen molar-refractivity contribution in [1.29, 1.82) is 0 Å². The van der Waals surface area contributed by atoms with Crippen molar-refractivity contribution in [1.82, 2.24) is 18.9 Å². The standard InChI is InChI=1S/C18H24N4O3/c1-13(2)17(24)21-10-8-20(9-11-21)16(23)12-22-15-7-5-4-6-14(15)19(3)18(22)25/h4-7,13H,8-12H2,1-3H3. The van der Waals surface area contributed by atoms with Crippen LogP contribution in [0, 0.1) is 5.92 Å². The highest BCUT2D eigenvalue weighted by molar-refractivity contribution is 5.82. The summed E-state index contributed by atoms with van der Waals surface area (Å²) >= 11 is 0. The first-order valence-corrected chi connectivity index (χ1v) is 8.61. The summed E-state index contributed by atoms with van der Waals surface area (Å²) in [5.74, 6) is 0.00369. The predicted octanol–water partition coefficient (Wildman–Crippen LogP) is 0.667. The molecule has 1 aliphatic heterocycles. The van der Waals surface area contributed by atoms with Gasteiger partial charge < -0.3 is 9.80 Å².